The SMILES string of the molecule is CC(C)(C)c1ccccc1OC(Cc1ccc(Oc2ccccc2)cc1)C(=O)O. The second kappa shape index (κ2) is 8.82. The maximum absolute atomic E-state index is 11.8. The highest BCUT2D eigenvalue weighted by atomic mass is 16.5. The van der Waals surface area contributed by atoms with Crippen LogP contribution < -0.4 is 9.47 Å². The van der Waals surface area contributed by atoms with E-state index >= 15 is 0 Å². The van der Waals surface area contributed by atoms with Crippen LogP contribution in [0.5, 0.6) is 17.2 Å². The first kappa shape index (κ1) is 20.5. The van der Waals surface area contributed by atoms with Crippen LogP contribution in [0.3, 0.4) is 0 Å². The monoisotopic (exact) mass is 390 g/mol. The summed E-state index contributed by atoms with van der Waals surface area (Å²) >= 11 is 0. The molecular formula is C25H26O4. The van der Waals surface area contributed by atoms with Crippen LogP contribution in [0.15, 0.2) is 78.9 Å². The summed E-state index contributed by atoms with van der Waals surface area (Å²) < 4.78 is 11.7. The van der Waals surface area contributed by atoms with E-state index in [1.165, 1.54) is 0 Å². The van der Waals surface area contributed by atoms with E-state index in [9.17, 15) is 9.90 Å². The molecule has 1 N–H and O–H groups in total. The fourth-order valence-electron chi connectivity index (χ4n) is 3.05. The zero-order valence-electron chi connectivity index (χ0n) is 17.0. The molecule has 0 saturated heterocycles. The third-order valence-electron chi connectivity index (χ3n) is 4.56. The lowest BCUT2D eigenvalue weighted by Crippen LogP contribution is -2.30. The van der Waals surface area contributed by atoms with E-state index in [2.05, 4.69) is 20.8 Å². The number of carbonyl (C=O) groups is 1. The molecule has 3 aromatic rings. The topological polar surface area (TPSA) is 55.8 Å². The van der Waals surface area contributed by atoms with Crippen molar-refractivity contribution in [2.24, 2.45) is 0 Å². The summed E-state index contributed by atoms with van der Waals surface area (Å²) in [5.41, 5.74) is 1.71. The van der Waals surface area contributed by atoms with Crippen LogP contribution in [0.25, 0.3) is 0 Å². The van der Waals surface area contributed by atoms with E-state index in [-0.39, 0.29) is 11.8 Å². The zero-order valence-corrected chi connectivity index (χ0v) is 17.0. The molecule has 3 aromatic carbocycles. The van der Waals surface area contributed by atoms with Crippen molar-refractivity contribution < 1.29 is 19.4 Å². The lowest BCUT2D eigenvalue weighted by Gasteiger charge is -2.24. The molecule has 0 fully saturated rings. The maximum atomic E-state index is 11.8. The van der Waals surface area contributed by atoms with Crippen LogP contribution in [0, 0.1) is 0 Å². The summed E-state index contributed by atoms with van der Waals surface area (Å²) in [7, 11) is 0. The Morgan fingerprint density at radius 2 is 1.45 bits per heavy atom. The van der Waals surface area contributed by atoms with Crippen LogP contribution in [0.2, 0.25) is 0 Å². The third kappa shape index (κ3) is 5.61. The van der Waals surface area contributed by atoms with E-state index in [4.69, 9.17) is 9.47 Å². The van der Waals surface area contributed by atoms with Crippen molar-refractivity contribution in [1.82, 2.24) is 0 Å². The molecule has 4 nitrogen and oxygen atoms in total. The molecule has 0 saturated carbocycles. The van der Waals surface area contributed by atoms with Gasteiger partial charge in [-0.25, -0.2) is 4.79 Å². The Labute approximate surface area is 171 Å². The van der Waals surface area contributed by atoms with Crippen molar-refractivity contribution in [2.45, 2.75) is 38.7 Å². The Hall–Kier alpha value is -3.27. The number of hydrogen-bond acceptors (Lipinski definition) is 3. The molecule has 0 spiro atoms. The number of rotatable bonds is 7. The fourth-order valence-corrected chi connectivity index (χ4v) is 3.05. The number of ether oxygens (including phenoxy) is 2. The standard InChI is InChI=1S/C25H26O4/c1-25(2,3)21-11-7-8-12-22(21)29-23(24(26)27)17-18-13-15-20(16-14-18)28-19-9-5-4-6-10-19/h4-16,23H,17H2,1-3H3,(H,26,27). The van der Waals surface area contributed by atoms with Gasteiger partial charge >= 0.3 is 5.97 Å². The van der Waals surface area contributed by atoms with Gasteiger partial charge in [0.2, 0.25) is 0 Å². The summed E-state index contributed by atoms with van der Waals surface area (Å²) in [5, 5.41) is 9.69. The molecule has 1 unspecified atom stereocenters. The molecule has 0 heterocycles. The lowest BCUT2D eigenvalue weighted by atomic mass is 9.86. The Morgan fingerprint density at radius 1 is 0.862 bits per heavy atom. The van der Waals surface area contributed by atoms with E-state index in [1.807, 2.05) is 78.9 Å². The largest absolute Gasteiger partial charge is 0.478 e. The normalized spacial score (nSPS) is 12.2. The van der Waals surface area contributed by atoms with Crippen molar-refractivity contribution in [2.75, 3.05) is 0 Å². The van der Waals surface area contributed by atoms with Gasteiger partial charge in [-0.3, -0.25) is 0 Å². The average Bonchev–Trinajstić information content (AvgIpc) is 2.69. The quantitative estimate of drug-likeness (QED) is 0.550. The Bertz CT molecular complexity index is 941. The second-order valence-corrected chi connectivity index (χ2v) is 7.95. The van der Waals surface area contributed by atoms with E-state index in [0.717, 1.165) is 16.9 Å². The molecule has 0 amide bonds. The minimum absolute atomic E-state index is 0.143. The number of carboxylic acids is 1. The summed E-state index contributed by atoms with van der Waals surface area (Å²) in [6.45, 7) is 6.24. The number of aliphatic carboxylic acids is 1. The van der Waals surface area contributed by atoms with Crippen molar-refractivity contribution in [3.8, 4) is 17.2 Å². The summed E-state index contributed by atoms with van der Waals surface area (Å²) in [6, 6.07) is 24.5. The maximum Gasteiger partial charge on any atom is 0.345 e. The fraction of sp³-hybridized carbons (Fsp3) is 0.240. The molecule has 4 heteroatoms. The summed E-state index contributed by atoms with van der Waals surface area (Å²) in [5.74, 6) is 1.08. The van der Waals surface area contributed by atoms with Gasteiger partial charge in [0.1, 0.15) is 17.2 Å². The van der Waals surface area contributed by atoms with E-state index in [0.29, 0.717) is 11.5 Å². The van der Waals surface area contributed by atoms with Crippen LogP contribution >= 0.6 is 0 Å². The molecule has 1 atom stereocenters. The Kier molecular flexibility index (Phi) is 6.23. The average molecular weight is 390 g/mol. The van der Waals surface area contributed by atoms with Gasteiger partial charge in [-0.2, -0.15) is 0 Å². The van der Waals surface area contributed by atoms with Gasteiger partial charge in [0.05, 0.1) is 0 Å². The predicted molar refractivity (Wildman–Crippen MR) is 114 cm³/mol. The van der Waals surface area contributed by atoms with Crippen LogP contribution in [-0.2, 0) is 16.6 Å². The minimum atomic E-state index is -0.988. The van der Waals surface area contributed by atoms with E-state index in [1.54, 1.807) is 0 Å². The first-order valence-electron chi connectivity index (χ1n) is 9.64. The number of hydrogen-bond donors (Lipinski definition) is 1. The van der Waals surface area contributed by atoms with E-state index < -0.39 is 12.1 Å². The first-order chi connectivity index (χ1) is 13.8. The summed E-state index contributed by atoms with van der Waals surface area (Å²) in [6.07, 6.45) is -0.709. The smallest absolute Gasteiger partial charge is 0.345 e. The summed E-state index contributed by atoms with van der Waals surface area (Å²) in [4.78, 5) is 11.8. The predicted octanol–water partition coefficient (Wildman–Crippen LogP) is 5.85. The van der Waals surface area contributed by atoms with Gasteiger partial charge in [-0.05, 0) is 46.9 Å². The van der Waals surface area contributed by atoms with Gasteiger partial charge in [0.15, 0.2) is 6.10 Å². The van der Waals surface area contributed by atoms with Gasteiger partial charge in [-0.1, -0.05) is 69.3 Å². The molecular weight excluding hydrogens is 364 g/mol. The van der Waals surface area contributed by atoms with Crippen molar-refractivity contribution in [3.63, 3.8) is 0 Å². The molecule has 0 aliphatic rings. The van der Waals surface area contributed by atoms with Crippen molar-refractivity contribution in [3.05, 3.63) is 90.0 Å². The van der Waals surface area contributed by atoms with Crippen molar-refractivity contribution >= 4 is 5.97 Å². The molecule has 150 valence electrons. The molecule has 0 bridgehead atoms. The van der Waals surface area contributed by atoms with Crippen molar-refractivity contribution in [1.29, 1.82) is 0 Å². The van der Waals surface area contributed by atoms with Gasteiger partial charge in [-0.15, -0.1) is 0 Å². The first-order valence-corrected chi connectivity index (χ1v) is 9.64. The zero-order chi connectivity index (χ0) is 20.9. The minimum Gasteiger partial charge on any atom is -0.478 e. The van der Waals surface area contributed by atoms with Crippen LogP contribution in [-0.4, -0.2) is 17.2 Å². The van der Waals surface area contributed by atoms with Crippen LogP contribution in [0.4, 0.5) is 0 Å². The Morgan fingerprint density at radius 3 is 2.07 bits per heavy atom. The highest BCUT2D eigenvalue weighted by Gasteiger charge is 2.24. The number of benzene rings is 3. The van der Waals surface area contributed by atoms with Gasteiger partial charge in [0.25, 0.3) is 0 Å². The molecule has 0 aliphatic heterocycles. The molecule has 0 aromatic heterocycles. The molecule has 3 rings (SSSR count). The van der Waals surface area contributed by atoms with Gasteiger partial charge in [0, 0.05) is 6.42 Å². The second-order valence-electron chi connectivity index (χ2n) is 7.95. The molecule has 29 heavy (non-hydrogen) atoms. The lowest BCUT2D eigenvalue weighted by molar-refractivity contribution is -0.145. The van der Waals surface area contributed by atoms with Crippen LogP contribution in [0.1, 0.15) is 31.9 Å². The Balaban J connectivity index is 1.72. The highest BCUT2D eigenvalue weighted by molar-refractivity contribution is 5.73. The molecule has 0 aliphatic carbocycles. The number of carboxylic acid groups (broad SMARTS) is 1. The third-order valence-corrected chi connectivity index (χ3v) is 4.56. The van der Waals surface area contributed by atoms with Gasteiger partial charge < -0.3 is 14.6 Å². The number of para-hydroxylation sites is 2. The highest BCUT2D eigenvalue weighted by Crippen LogP contribution is 2.32. The molecule has 0 radical (unpaired) electrons.